The minimum atomic E-state index is -2.82. The molecule has 0 saturated heterocycles. The number of carbonyl (C=O) groups excluding carboxylic acids is 4. The van der Waals surface area contributed by atoms with Crippen LogP contribution in [0.15, 0.2) is 0 Å². The van der Waals surface area contributed by atoms with Crippen LogP contribution in [0.25, 0.3) is 0 Å². The molecule has 0 saturated carbocycles. The van der Waals surface area contributed by atoms with E-state index in [9.17, 15) is 29.1 Å². The molecule has 1 atom stereocenters. The lowest BCUT2D eigenvalue weighted by Gasteiger charge is -2.34. The lowest BCUT2D eigenvalue weighted by atomic mass is 9.74. The normalized spacial score (nSPS) is 12.5. The number of Topliss-reactive ketones (excluding diaryl/α,β-unsaturated/α-hetero) is 3. The number of carboxylic acid groups (broad SMARTS) is 1. The van der Waals surface area contributed by atoms with Gasteiger partial charge in [-0.25, -0.2) is 4.79 Å². The van der Waals surface area contributed by atoms with Crippen molar-refractivity contribution in [3.63, 3.8) is 0 Å². The second-order valence-corrected chi connectivity index (χ2v) is 17.6. The van der Waals surface area contributed by atoms with E-state index in [0.29, 0.717) is 25.7 Å². The number of carboxylic acids is 1. The first-order valence-electron chi connectivity index (χ1n) is 25.3. The van der Waals surface area contributed by atoms with Gasteiger partial charge < -0.3 is 9.84 Å². The van der Waals surface area contributed by atoms with Crippen LogP contribution in [0.3, 0.4) is 0 Å². The maximum absolute atomic E-state index is 14.3. The van der Waals surface area contributed by atoms with Gasteiger partial charge in [0.05, 0.1) is 0 Å². The Hall–Kier alpha value is -2.05. The number of unbranched alkanes of at least 4 members (excludes halogenated alkanes) is 32. The topological polar surface area (TPSA) is 115 Å². The Labute approximate surface area is 358 Å². The third-order valence-electron chi connectivity index (χ3n) is 12.1. The van der Waals surface area contributed by atoms with Gasteiger partial charge in [-0.2, -0.15) is 0 Å². The van der Waals surface area contributed by atoms with Gasteiger partial charge in [0.1, 0.15) is 17.5 Å². The molecule has 0 aliphatic carbocycles. The minimum Gasteiger partial charge on any atom is -0.478 e. The molecule has 58 heavy (non-hydrogen) atoms. The van der Waals surface area contributed by atoms with Crippen molar-refractivity contribution in [3.8, 4) is 0 Å². The van der Waals surface area contributed by atoms with Crippen LogP contribution in [-0.2, 0) is 28.7 Å². The second-order valence-electron chi connectivity index (χ2n) is 17.6. The second kappa shape index (κ2) is 40.4. The van der Waals surface area contributed by atoms with Gasteiger partial charge in [0.15, 0.2) is 5.78 Å². The van der Waals surface area contributed by atoms with Crippen LogP contribution in [0.2, 0.25) is 0 Å². The van der Waals surface area contributed by atoms with Gasteiger partial charge in [0.25, 0.3) is 5.60 Å². The molecule has 0 bridgehead atoms. The van der Waals surface area contributed by atoms with E-state index in [-0.39, 0.29) is 25.7 Å². The van der Waals surface area contributed by atoms with Crippen molar-refractivity contribution in [3.05, 3.63) is 0 Å². The van der Waals surface area contributed by atoms with E-state index in [2.05, 4.69) is 27.7 Å². The molecule has 0 aliphatic heterocycles. The molecule has 0 fully saturated rings. The van der Waals surface area contributed by atoms with E-state index in [0.717, 1.165) is 103 Å². The maximum Gasteiger partial charge on any atom is 0.357 e. The van der Waals surface area contributed by atoms with Gasteiger partial charge in [0, 0.05) is 25.7 Å². The lowest BCUT2D eigenvalue weighted by molar-refractivity contribution is -0.191. The molecule has 0 heterocycles. The summed E-state index contributed by atoms with van der Waals surface area (Å²) in [5.74, 6) is -6.24. The summed E-state index contributed by atoms with van der Waals surface area (Å²) in [5.41, 5.74) is -2.82. The predicted molar refractivity (Wildman–Crippen MR) is 242 cm³/mol. The van der Waals surface area contributed by atoms with Crippen LogP contribution in [0.5, 0.6) is 0 Å². The smallest absolute Gasteiger partial charge is 0.357 e. The fraction of sp³-hybridized carbons (Fsp3) is 0.902. The standard InChI is InChI=1S/C51H94O7/c1-5-9-13-17-21-25-29-33-37-41-45(52)49(46(53)42-38-34-30-26-22-18-14-10-6-2)51(50(56)57,47(54)43-39-35-31-27-23-19-15-11-7-3)58-48(55)44-40-36-32-28-24-20-16-12-8-4/h49H,5-44H2,1-4H3,(H,56,57). The zero-order chi connectivity index (χ0) is 43.0. The molecule has 0 spiro atoms. The number of ether oxygens (including phenoxy) is 1. The van der Waals surface area contributed by atoms with E-state index < -0.39 is 40.8 Å². The van der Waals surface area contributed by atoms with E-state index in [1.165, 1.54) is 103 Å². The Morgan fingerprint density at radius 2 is 0.603 bits per heavy atom. The molecule has 0 rings (SSSR count). The molecule has 7 nitrogen and oxygen atoms in total. The van der Waals surface area contributed by atoms with Crippen LogP contribution in [-0.4, -0.2) is 40.0 Å². The van der Waals surface area contributed by atoms with Crippen LogP contribution in [0.4, 0.5) is 0 Å². The van der Waals surface area contributed by atoms with Crippen molar-refractivity contribution < 1.29 is 33.8 Å². The van der Waals surface area contributed by atoms with Gasteiger partial charge >= 0.3 is 11.9 Å². The molecule has 0 amide bonds. The maximum atomic E-state index is 14.3. The van der Waals surface area contributed by atoms with Gasteiger partial charge in [-0.15, -0.1) is 0 Å². The highest BCUT2D eigenvalue weighted by molar-refractivity contribution is 6.19. The van der Waals surface area contributed by atoms with Crippen LogP contribution in [0.1, 0.15) is 285 Å². The Bertz CT molecular complexity index is 988. The fourth-order valence-electron chi connectivity index (χ4n) is 8.30. The minimum absolute atomic E-state index is 0.000148. The largest absolute Gasteiger partial charge is 0.478 e. The van der Waals surface area contributed by atoms with Gasteiger partial charge in [-0.1, -0.05) is 233 Å². The summed E-state index contributed by atoms with van der Waals surface area (Å²) in [6.07, 6.45) is 37.2. The summed E-state index contributed by atoms with van der Waals surface area (Å²) >= 11 is 0. The van der Waals surface area contributed by atoms with Crippen molar-refractivity contribution in [2.45, 2.75) is 290 Å². The number of hydrogen-bond donors (Lipinski definition) is 1. The summed E-state index contributed by atoms with van der Waals surface area (Å²) in [7, 11) is 0. The van der Waals surface area contributed by atoms with E-state index in [4.69, 9.17) is 4.74 Å². The highest BCUT2D eigenvalue weighted by Gasteiger charge is 2.60. The number of rotatable bonds is 46. The van der Waals surface area contributed by atoms with Crippen molar-refractivity contribution in [2.75, 3.05) is 0 Å². The SMILES string of the molecule is CCCCCCCCCCCC(=O)OC(C(=O)O)(C(=O)CCCCCCCCCCC)C(C(=O)CCCCCCCCCCC)C(=O)CCCCCCCCCCC. The average Bonchev–Trinajstić information content (AvgIpc) is 3.20. The van der Waals surface area contributed by atoms with Crippen LogP contribution < -0.4 is 0 Å². The Kier molecular flexibility index (Phi) is 38.9. The van der Waals surface area contributed by atoms with Crippen molar-refractivity contribution in [1.29, 1.82) is 0 Å². The van der Waals surface area contributed by atoms with Gasteiger partial charge in [-0.3, -0.25) is 19.2 Å². The highest BCUT2D eigenvalue weighted by atomic mass is 16.6. The molecule has 0 radical (unpaired) electrons. The molecule has 1 N–H and O–H groups in total. The van der Waals surface area contributed by atoms with Crippen LogP contribution in [0, 0.1) is 5.92 Å². The van der Waals surface area contributed by atoms with E-state index in [1.54, 1.807) is 0 Å². The molecule has 0 aromatic heterocycles. The summed E-state index contributed by atoms with van der Waals surface area (Å²) in [6, 6.07) is 0. The summed E-state index contributed by atoms with van der Waals surface area (Å²) < 4.78 is 5.82. The first-order valence-corrected chi connectivity index (χ1v) is 25.3. The third kappa shape index (κ3) is 28.4. The number of carbonyl (C=O) groups is 5. The van der Waals surface area contributed by atoms with Crippen molar-refractivity contribution in [2.24, 2.45) is 5.92 Å². The molecular weight excluding hydrogens is 725 g/mol. The molecule has 340 valence electrons. The fourth-order valence-corrected chi connectivity index (χ4v) is 8.30. The predicted octanol–water partition coefficient (Wildman–Crippen LogP) is 15.4. The number of esters is 1. The summed E-state index contributed by atoms with van der Waals surface area (Å²) in [6.45, 7) is 8.80. The number of ketones is 3. The first kappa shape index (κ1) is 55.9. The summed E-state index contributed by atoms with van der Waals surface area (Å²) in [4.78, 5) is 69.7. The van der Waals surface area contributed by atoms with E-state index >= 15 is 0 Å². The Morgan fingerprint density at radius 3 is 0.879 bits per heavy atom. The van der Waals surface area contributed by atoms with Gasteiger partial charge in [0.2, 0.25) is 0 Å². The Balaban J connectivity index is 6.00. The first-order chi connectivity index (χ1) is 28.2. The zero-order valence-electron chi connectivity index (χ0n) is 38.8. The molecule has 1 unspecified atom stereocenters. The molecular formula is C51H94O7. The Morgan fingerprint density at radius 1 is 0.362 bits per heavy atom. The number of hydrogen-bond acceptors (Lipinski definition) is 6. The third-order valence-corrected chi connectivity index (χ3v) is 12.1. The van der Waals surface area contributed by atoms with E-state index in [1.807, 2.05) is 0 Å². The quantitative estimate of drug-likeness (QED) is 0.0369. The summed E-state index contributed by atoms with van der Waals surface area (Å²) in [5, 5.41) is 10.9. The lowest BCUT2D eigenvalue weighted by Crippen LogP contribution is -2.60. The monoisotopic (exact) mass is 819 g/mol. The zero-order valence-corrected chi connectivity index (χ0v) is 38.8. The molecule has 0 aromatic rings. The number of aliphatic carboxylic acids is 1. The molecule has 7 heteroatoms. The van der Waals surface area contributed by atoms with Crippen molar-refractivity contribution >= 4 is 29.3 Å². The van der Waals surface area contributed by atoms with Gasteiger partial charge in [-0.05, 0) is 25.7 Å². The molecule has 0 aromatic carbocycles. The highest BCUT2D eigenvalue weighted by Crippen LogP contribution is 2.33. The average molecular weight is 819 g/mol. The van der Waals surface area contributed by atoms with Crippen molar-refractivity contribution in [1.82, 2.24) is 0 Å². The van der Waals surface area contributed by atoms with Crippen LogP contribution >= 0.6 is 0 Å². The molecule has 0 aliphatic rings.